The predicted molar refractivity (Wildman–Crippen MR) is 83.4 cm³/mol. The highest BCUT2D eigenvalue weighted by molar-refractivity contribution is 7.99. The molecule has 5 heteroatoms. The number of nitrogens with two attached hydrogens (primary N) is 1. The first-order chi connectivity index (χ1) is 8.70. The van der Waals surface area contributed by atoms with Gasteiger partial charge in [-0.25, -0.2) is 4.98 Å². The van der Waals surface area contributed by atoms with E-state index in [0.717, 1.165) is 44.6 Å². The van der Waals surface area contributed by atoms with Crippen molar-refractivity contribution in [3.8, 4) is 12.3 Å². The molecule has 3 nitrogen and oxygen atoms in total. The molecule has 0 saturated heterocycles. The predicted octanol–water partition coefficient (Wildman–Crippen LogP) is 2.97. The van der Waals surface area contributed by atoms with E-state index in [2.05, 4.69) is 16.2 Å². The first-order valence-corrected chi connectivity index (χ1v) is 7.59. The second-order valence-corrected chi connectivity index (χ2v) is 6.16. The maximum Gasteiger partial charge on any atom is 0.0907 e. The highest BCUT2D eigenvalue weighted by Gasteiger charge is 2.05. The molecule has 1 aromatic heterocycles. The second kappa shape index (κ2) is 5.98. The lowest BCUT2D eigenvalue weighted by Gasteiger charge is -2.08. The van der Waals surface area contributed by atoms with E-state index in [0.29, 0.717) is 0 Å². The summed E-state index contributed by atoms with van der Waals surface area (Å²) in [5, 5.41) is 4.38. The number of aryl methyl sites for hydroxylation is 1. The van der Waals surface area contributed by atoms with Gasteiger partial charge in [0.15, 0.2) is 0 Å². The highest BCUT2D eigenvalue weighted by atomic mass is 32.2. The molecule has 0 aliphatic carbocycles. The molecular weight excluding hydrogens is 262 g/mol. The van der Waals surface area contributed by atoms with Crippen LogP contribution in [0.15, 0.2) is 12.1 Å². The molecule has 0 atom stereocenters. The average molecular weight is 277 g/mol. The Balaban J connectivity index is 2.04. The van der Waals surface area contributed by atoms with E-state index in [4.69, 9.17) is 12.2 Å². The van der Waals surface area contributed by atoms with Crippen LogP contribution in [0.5, 0.6) is 0 Å². The van der Waals surface area contributed by atoms with Gasteiger partial charge in [0, 0.05) is 12.3 Å². The van der Waals surface area contributed by atoms with Crippen LogP contribution in [-0.2, 0) is 0 Å². The summed E-state index contributed by atoms with van der Waals surface area (Å²) >= 11 is 3.40. The van der Waals surface area contributed by atoms with Crippen molar-refractivity contribution in [2.45, 2.75) is 6.92 Å². The van der Waals surface area contributed by atoms with Crippen LogP contribution in [-0.4, -0.2) is 23.0 Å². The molecule has 0 unspecified atom stereocenters. The first-order valence-electron chi connectivity index (χ1n) is 5.62. The number of thiazole rings is 1. The zero-order valence-corrected chi connectivity index (χ0v) is 11.8. The average Bonchev–Trinajstić information content (AvgIpc) is 2.68. The van der Waals surface area contributed by atoms with Gasteiger partial charge in [-0.3, -0.25) is 0 Å². The van der Waals surface area contributed by atoms with Crippen LogP contribution in [0, 0.1) is 19.3 Å². The van der Waals surface area contributed by atoms with Gasteiger partial charge in [0.2, 0.25) is 0 Å². The standard InChI is InChI=1S/C13H15N3S2/c1-3-5-17-6-4-15-11-8-12-13(7-10(11)14)18-9(2)16-12/h1,7-8,15H,4-6,14H2,2H3. The third kappa shape index (κ3) is 3.09. The van der Waals surface area contributed by atoms with Crippen LogP contribution >= 0.6 is 23.1 Å². The number of hydrogen-bond acceptors (Lipinski definition) is 5. The summed E-state index contributed by atoms with van der Waals surface area (Å²) in [6, 6.07) is 4.00. The molecule has 94 valence electrons. The number of nitrogens with one attached hydrogen (secondary N) is 1. The van der Waals surface area contributed by atoms with Crippen LogP contribution in [0.2, 0.25) is 0 Å². The Morgan fingerprint density at radius 1 is 1.56 bits per heavy atom. The van der Waals surface area contributed by atoms with Crippen LogP contribution in [0.1, 0.15) is 5.01 Å². The van der Waals surface area contributed by atoms with E-state index in [1.807, 2.05) is 19.1 Å². The van der Waals surface area contributed by atoms with E-state index in [1.54, 1.807) is 23.1 Å². The normalized spacial score (nSPS) is 10.4. The fourth-order valence-electron chi connectivity index (χ4n) is 1.65. The van der Waals surface area contributed by atoms with E-state index in [-0.39, 0.29) is 0 Å². The number of fused-ring (bicyclic) bond motifs is 1. The molecule has 0 spiro atoms. The number of terminal acetylenes is 1. The first kappa shape index (κ1) is 13.1. The molecule has 0 saturated carbocycles. The molecule has 2 aromatic rings. The monoisotopic (exact) mass is 277 g/mol. The molecule has 0 radical (unpaired) electrons. The van der Waals surface area contributed by atoms with Crippen molar-refractivity contribution in [2.75, 3.05) is 29.1 Å². The summed E-state index contributed by atoms with van der Waals surface area (Å²) < 4.78 is 1.14. The minimum Gasteiger partial charge on any atom is -0.397 e. The Morgan fingerprint density at radius 3 is 3.17 bits per heavy atom. The number of thioether (sulfide) groups is 1. The molecular formula is C13H15N3S2. The Bertz CT molecular complexity index is 584. The van der Waals surface area contributed by atoms with Crippen molar-refractivity contribution in [1.82, 2.24) is 4.98 Å². The van der Waals surface area contributed by atoms with Gasteiger partial charge in [-0.1, -0.05) is 5.92 Å². The van der Waals surface area contributed by atoms with Gasteiger partial charge in [-0.05, 0) is 19.1 Å². The Morgan fingerprint density at radius 2 is 2.39 bits per heavy atom. The topological polar surface area (TPSA) is 50.9 Å². The SMILES string of the molecule is C#CCSCCNc1cc2nc(C)sc2cc1N. The highest BCUT2D eigenvalue weighted by Crippen LogP contribution is 2.29. The van der Waals surface area contributed by atoms with E-state index in [9.17, 15) is 0 Å². The van der Waals surface area contributed by atoms with Gasteiger partial charge < -0.3 is 11.1 Å². The summed E-state index contributed by atoms with van der Waals surface area (Å²) in [7, 11) is 0. The van der Waals surface area contributed by atoms with Crippen LogP contribution in [0.25, 0.3) is 10.2 Å². The lowest BCUT2D eigenvalue weighted by Crippen LogP contribution is -2.06. The minimum absolute atomic E-state index is 0.751. The quantitative estimate of drug-likeness (QED) is 0.501. The summed E-state index contributed by atoms with van der Waals surface area (Å²) in [4.78, 5) is 4.46. The van der Waals surface area contributed by atoms with E-state index in [1.165, 1.54) is 0 Å². The molecule has 3 N–H and O–H groups in total. The molecule has 0 aliphatic rings. The lowest BCUT2D eigenvalue weighted by molar-refractivity contribution is 1.23. The number of nitrogens with zero attached hydrogens (tertiary/aromatic N) is 1. The lowest BCUT2D eigenvalue weighted by atomic mass is 10.2. The van der Waals surface area contributed by atoms with Crippen LogP contribution in [0.4, 0.5) is 11.4 Å². The molecule has 18 heavy (non-hydrogen) atoms. The molecule has 1 heterocycles. The Labute approximate surface area is 115 Å². The number of aromatic nitrogens is 1. The third-order valence-corrected chi connectivity index (χ3v) is 4.21. The second-order valence-electron chi connectivity index (χ2n) is 3.82. The zero-order chi connectivity index (χ0) is 13.0. The van der Waals surface area contributed by atoms with Gasteiger partial charge in [0.1, 0.15) is 0 Å². The van der Waals surface area contributed by atoms with Crippen molar-refractivity contribution >= 4 is 44.7 Å². The molecule has 0 bridgehead atoms. The maximum atomic E-state index is 6.01. The minimum atomic E-state index is 0.751. The van der Waals surface area contributed by atoms with Crippen LogP contribution in [0.3, 0.4) is 0 Å². The van der Waals surface area contributed by atoms with Gasteiger partial charge >= 0.3 is 0 Å². The van der Waals surface area contributed by atoms with Gasteiger partial charge in [0.05, 0.1) is 32.4 Å². The zero-order valence-electron chi connectivity index (χ0n) is 10.2. The molecule has 2 rings (SSSR count). The third-order valence-electron chi connectivity index (χ3n) is 2.41. The maximum absolute atomic E-state index is 6.01. The van der Waals surface area contributed by atoms with Crippen LogP contribution < -0.4 is 11.1 Å². The van der Waals surface area contributed by atoms with Crippen molar-refractivity contribution < 1.29 is 0 Å². The number of rotatable bonds is 5. The molecule has 0 aliphatic heterocycles. The summed E-state index contributed by atoms with van der Waals surface area (Å²) in [5.41, 5.74) is 8.74. The number of anilines is 2. The van der Waals surface area contributed by atoms with Crippen molar-refractivity contribution in [3.63, 3.8) is 0 Å². The van der Waals surface area contributed by atoms with Crippen molar-refractivity contribution in [2.24, 2.45) is 0 Å². The Kier molecular flexibility index (Phi) is 4.34. The largest absolute Gasteiger partial charge is 0.397 e. The summed E-state index contributed by atoms with van der Waals surface area (Å²) in [5.74, 6) is 4.33. The number of benzene rings is 1. The molecule has 1 aromatic carbocycles. The molecule has 0 fully saturated rings. The fourth-order valence-corrected chi connectivity index (χ4v) is 3.01. The van der Waals surface area contributed by atoms with Gasteiger partial charge in [-0.2, -0.15) is 0 Å². The Hall–Kier alpha value is -1.38. The van der Waals surface area contributed by atoms with E-state index >= 15 is 0 Å². The van der Waals surface area contributed by atoms with Crippen molar-refractivity contribution in [1.29, 1.82) is 0 Å². The van der Waals surface area contributed by atoms with Gasteiger partial charge in [-0.15, -0.1) is 29.5 Å². The fraction of sp³-hybridized carbons (Fsp3) is 0.308. The van der Waals surface area contributed by atoms with Crippen molar-refractivity contribution in [3.05, 3.63) is 17.1 Å². The number of hydrogen-bond donors (Lipinski definition) is 2. The number of nitrogen functional groups attached to an aromatic ring is 1. The van der Waals surface area contributed by atoms with E-state index < -0.39 is 0 Å². The molecule has 0 amide bonds. The smallest absolute Gasteiger partial charge is 0.0907 e. The summed E-state index contributed by atoms with van der Waals surface area (Å²) in [6.45, 7) is 2.86. The summed E-state index contributed by atoms with van der Waals surface area (Å²) in [6.07, 6.45) is 5.19. The van der Waals surface area contributed by atoms with Gasteiger partial charge in [0.25, 0.3) is 0 Å².